The molecule has 1 aromatic rings. The van der Waals surface area contributed by atoms with Gasteiger partial charge in [0.2, 0.25) is 5.91 Å². The summed E-state index contributed by atoms with van der Waals surface area (Å²) in [5, 5.41) is 11.7. The molecule has 1 unspecified atom stereocenters. The summed E-state index contributed by atoms with van der Waals surface area (Å²) in [5.41, 5.74) is 6.17. The predicted molar refractivity (Wildman–Crippen MR) is 55.0 cm³/mol. The van der Waals surface area contributed by atoms with Crippen LogP contribution in [0.1, 0.15) is 13.3 Å². The smallest absolute Gasteiger partial charge is 0.241 e. The van der Waals surface area contributed by atoms with Crippen LogP contribution in [0.4, 0.5) is 5.69 Å². The van der Waals surface area contributed by atoms with Crippen LogP contribution < -0.4 is 11.1 Å². The predicted octanol–water partition coefficient (Wildman–Crippen LogP) is 1.07. The van der Waals surface area contributed by atoms with E-state index in [0.717, 1.165) is 0 Å². The van der Waals surface area contributed by atoms with E-state index in [9.17, 15) is 4.79 Å². The van der Waals surface area contributed by atoms with Gasteiger partial charge in [-0.15, -0.1) is 0 Å². The highest BCUT2D eigenvalue weighted by atomic mass is 16.3. The second-order valence-corrected chi connectivity index (χ2v) is 3.05. The fraction of sp³-hybridized carbons (Fsp3) is 0.300. The lowest BCUT2D eigenvalue weighted by Crippen LogP contribution is -2.34. The van der Waals surface area contributed by atoms with E-state index in [-0.39, 0.29) is 11.7 Å². The Kier molecular flexibility index (Phi) is 3.48. The number of nitrogens with two attached hydrogens (primary N) is 1. The van der Waals surface area contributed by atoms with Gasteiger partial charge in [-0.3, -0.25) is 4.79 Å². The van der Waals surface area contributed by atoms with Gasteiger partial charge in [0, 0.05) is 5.69 Å². The van der Waals surface area contributed by atoms with Crippen molar-refractivity contribution >= 4 is 11.6 Å². The maximum atomic E-state index is 11.3. The molecule has 0 radical (unpaired) electrons. The van der Waals surface area contributed by atoms with Gasteiger partial charge in [0.1, 0.15) is 5.75 Å². The lowest BCUT2D eigenvalue weighted by atomic mass is 10.2. The van der Waals surface area contributed by atoms with Gasteiger partial charge in [-0.05, 0) is 30.7 Å². The molecule has 0 aliphatic carbocycles. The van der Waals surface area contributed by atoms with Gasteiger partial charge in [-0.1, -0.05) is 6.92 Å². The highest BCUT2D eigenvalue weighted by Gasteiger charge is 2.10. The largest absolute Gasteiger partial charge is 0.508 e. The zero-order chi connectivity index (χ0) is 10.6. The van der Waals surface area contributed by atoms with Crippen LogP contribution in [0.15, 0.2) is 24.3 Å². The van der Waals surface area contributed by atoms with Gasteiger partial charge in [-0.25, -0.2) is 0 Å². The average Bonchev–Trinajstić information content (AvgIpc) is 2.20. The second-order valence-electron chi connectivity index (χ2n) is 3.05. The highest BCUT2D eigenvalue weighted by Crippen LogP contribution is 2.13. The first-order chi connectivity index (χ1) is 6.63. The number of carbonyl (C=O) groups excluding carboxylic acids is 1. The zero-order valence-electron chi connectivity index (χ0n) is 8.03. The number of amides is 1. The fourth-order valence-corrected chi connectivity index (χ4v) is 0.965. The number of anilines is 1. The monoisotopic (exact) mass is 194 g/mol. The van der Waals surface area contributed by atoms with Crippen molar-refractivity contribution in [3.8, 4) is 5.75 Å². The highest BCUT2D eigenvalue weighted by molar-refractivity contribution is 5.94. The van der Waals surface area contributed by atoms with E-state index in [1.54, 1.807) is 12.1 Å². The minimum atomic E-state index is -0.483. The normalized spacial score (nSPS) is 12.1. The van der Waals surface area contributed by atoms with Gasteiger partial charge in [0.15, 0.2) is 0 Å². The topological polar surface area (TPSA) is 75.4 Å². The van der Waals surface area contributed by atoms with Crippen molar-refractivity contribution < 1.29 is 9.90 Å². The summed E-state index contributed by atoms with van der Waals surface area (Å²) < 4.78 is 0. The molecule has 0 saturated heterocycles. The van der Waals surface area contributed by atoms with E-state index in [1.165, 1.54) is 12.1 Å². The van der Waals surface area contributed by atoms with Crippen LogP contribution in [0, 0.1) is 0 Å². The number of phenols is 1. The van der Waals surface area contributed by atoms with Crippen LogP contribution in [0.25, 0.3) is 0 Å². The van der Waals surface area contributed by atoms with Crippen LogP contribution in [-0.4, -0.2) is 17.1 Å². The Balaban J connectivity index is 2.60. The van der Waals surface area contributed by atoms with E-state index in [1.807, 2.05) is 6.92 Å². The molecule has 4 heteroatoms. The number of hydrogen-bond donors (Lipinski definition) is 3. The third-order valence-electron chi connectivity index (χ3n) is 1.91. The summed E-state index contributed by atoms with van der Waals surface area (Å²) in [7, 11) is 0. The van der Waals surface area contributed by atoms with E-state index in [0.29, 0.717) is 12.1 Å². The molecule has 0 aromatic heterocycles. The summed E-state index contributed by atoms with van der Waals surface area (Å²) in [6.45, 7) is 1.85. The molecule has 1 rings (SSSR count). The lowest BCUT2D eigenvalue weighted by molar-refractivity contribution is -0.117. The van der Waals surface area contributed by atoms with Crippen molar-refractivity contribution in [1.29, 1.82) is 0 Å². The Hall–Kier alpha value is -1.55. The van der Waals surface area contributed by atoms with E-state index in [2.05, 4.69) is 5.32 Å². The number of phenolic OH excluding ortho intramolecular Hbond substituents is 1. The summed E-state index contributed by atoms with van der Waals surface area (Å²) >= 11 is 0. The molecule has 0 aliphatic heterocycles. The number of hydrogen-bond acceptors (Lipinski definition) is 3. The quantitative estimate of drug-likeness (QED) is 0.630. The number of carbonyl (C=O) groups is 1. The second kappa shape index (κ2) is 4.62. The fourth-order valence-electron chi connectivity index (χ4n) is 0.965. The molecule has 76 valence electrons. The molecule has 0 aliphatic rings. The van der Waals surface area contributed by atoms with Gasteiger partial charge >= 0.3 is 0 Å². The molecule has 0 spiro atoms. The molecule has 4 N–H and O–H groups in total. The first kappa shape index (κ1) is 10.5. The molecule has 0 bridgehead atoms. The van der Waals surface area contributed by atoms with Crippen molar-refractivity contribution in [1.82, 2.24) is 0 Å². The Bertz CT molecular complexity index is 308. The van der Waals surface area contributed by atoms with Crippen molar-refractivity contribution in [2.24, 2.45) is 5.73 Å². The van der Waals surface area contributed by atoms with Crippen molar-refractivity contribution in [2.75, 3.05) is 5.32 Å². The summed E-state index contributed by atoms with van der Waals surface area (Å²) in [6, 6.07) is 5.77. The molecular formula is C10H14N2O2. The van der Waals surface area contributed by atoms with E-state index >= 15 is 0 Å². The average molecular weight is 194 g/mol. The number of aromatic hydroxyl groups is 1. The van der Waals surface area contributed by atoms with Crippen LogP contribution in [0.5, 0.6) is 5.75 Å². The molecule has 0 heterocycles. The van der Waals surface area contributed by atoms with E-state index in [4.69, 9.17) is 10.8 Å². The van der Waals surface area contributed by atoms with Crippen LogP contribution >= 0.6 is 0 Å². The molecule has 14 heavy (non-hydrogen) atoms. The summed E-state index contributed by atoms with van der Waals surface area (Å²) in [4.78, 5) is 11.3. The Labute approximate surface area is 82.7 Å². The Morgan fingerprint density at radius 1 is 1.50 bits per heavy atom. The molecule has 0 saturated carbocycles. The Morgan fingerprint density at radius 3 is 2.57 bits per heavy atom. The minimum absolute atomic E-state index is 0.169. The van der Waals surface area contributed by atoms with Crippen LogP contribution in [0.2, 0.25) is 0 Å². The SMILES string of the molecule is CCC(N)C(=O)Nc1ccc(O)cc1. The summed E-state index contributed by atoms with van der Waals surface area (Å²) in [6.07, 6.45) is 0.601. The summed E-state index contributed by atoms with van der Waals surface area (Å²) in [5.74, 6) is -0.0408. The molecule has 0 fully saturated rings. The number of rotatable bonds is 3. The molecular weight excluding hydrogens is 180 g/mol. The van der Waals surface area contributed by atoms with Gasteiger partial charge in [-0.2, -0.15) is 0 Å². The number of benzene rings is 1. The molecule has 1 aromatic carbocycles. The first-order valence-corrected chi connectivity index (χ1v) is 4.49. The minimum Gasteiger partial charge on any atom is -0.508 e. The number of nitrogens with one attached hydrogen (secondary N) is 1. The van der Waals surface area contributed by atoms with E-state index < -0.39 is 6.04 Å². The molecule has 4 nitrogen and oxygen atoms in total. The van der Waals surface area contributed by atoms with Gasteiger partial charge in [0.05, 0.1) is 6.04 Å². The van der Waals surface area contributed by atoms with Crippen LogP contribution in [0.3, 0.4) is 0 Å². The maximum absolute atomic E-state index is 11.3. The Morgan fingerprint density at radius 2 is 2.07 bits per heavy atom. The zero-order valence-corrected chi connectivity index (χ0v) is 8.03. The van der Waals surface area contributed by atoms with Crippen molar-refractivity contribution in [2.45, 2.75) is 19.4 Å². The molecule has 1 amide bonds. The van der Waals surface area contributed by atoms with Gasteiger partial charge in [0.25, 0.3) is 0 Å². The maximum Gasteiger partial charge on any atom is 0.241 e. The first-order valence-electron chi connectivity index (χ1n) is 4.49. The standard InChI is InChI=1S/C10H14N2O2/c1-2-9(11)10(14)12-7-3-5-8(13)6-4-7/h3-6,9,13H,2,11H2,1H3,(H,12,14). The van der Waals surface area contributed by atoms with Crippen molar-refractivity contribution in [3.05, 3.63) is 24.3 Å². The lowest BCUT2D eigenvalue weighted by Gasteiger charge is -2.09. The third-order valence-corrected chi connectivity index (χ3v) is 1.91. The van der Waals surface area contributed by atoms with Gasteiger partial charge < -0.3 is 16.2 Å². The third kappa shape index (κ3) is 2.74. The van der Waals surface area contributed by atoms with Crippen LogP contribution in [-0.2, 0) is 4.79 Å². The molecule has 1 atom stereocenters. The van der Waals surface area contributed by atoms with Crippen molar-refractivity contribution in [3.63, 3.8) is 0 Å².